The first-order valence-corrected chi connectivity index (χ1v) is 11.9. The molecule has 0 aromatic heterocycles. The van der Waals surface area contributed by atoms with Gasteiger partial charge in [0.15, 0.2) is 6.61 Å². The molecule has 162 valence electrons. The molecule has 6 nitrogen and oxygen atoms in total. The minimum atomic E-state index is -3.56. The van der Waals surface area contributed by atoms with E-state index in [9.17, 15) is 13.2 Å². The molecule has 7 heteroatoms. The molecule has 2 N–H and O–H groups in total. The van der Waals surface area contributed by atoms with Crippen molar-refractivity contribution in [3.8, 4) is 5.75 Å². The van der Waals surface area contributed by atoms with E-state index in [1.54, 1.807) is 19.1 Å². The summed E-state index contributed by atoms with van der Waals surface area (Å²) >= 11 is 0. The Hall–Kier alpha value is -2.38. The monoisotopic (exact) mass is 430 g/mol. The van der Waals surface area contributed by atoms with E-state index in [-0.39, 0.29) is 23.5 Å². The Kier molecular flexibility index (Phi) is 7.15. The van der Waals surface area contributed by atoms with Gasteiger partial charge in [0, 0.05) is 11.7 Å². The predicted molar refractivity (Wildman–Crippen MR) is 118 cm³/mol. The molecule has 0 bridgehead atoms. The SMILES string of the molecule is Cc1ccc(C)c(NC(=O)COc2ccc(S(=O)(=O)NC3CCCCC3)cc2C)c1. The summed E-state index contributed by atoms with van der Waals surface area (Å²) in [7, 11) is -3.56. The average Bonchev–Trinajstić information content (AvgIpc) is 2.70. The molecule has 1 fully saturated rings. The summed E-state index contributed by atoms with van der Waals surface area (Å²) in [6.45, 7) is 5.52. The Morgan fingerprint density at radius 2 is 1.73 bits per heavy atom. The lowest BCUT2D eigenvalue weighted by Gasteiger charge is -2.22. The molecule has 0 heterocycles. The highest BCUT2D eigenvalue weighted by Gasteiger charge is 2.22. The van der Waals surface area contributed by atoms with Gasteiger partial charge in [-0.1, -0.05) is 31.4 Å². The molecule has 2 aromatic carbocycles. The second kappa shape index (κ2) is 9.62. The summed E-state index contributed by atoms with van der Waals surface area (Å²) in [5, 5.41) is 2.85. The average molecular weight is 431 g/mol. The molecule has 1 aliphatic carbocycles. The summed E-state index contributed by atoms with van der Waals surface area (Å²) in [6.07, 6.45) is 5.05. The van der Waals surface area contributed by atoms with Gasteiger partial charge < -0.3 is 10.1 Å². The van der Waals surface area contributed by atoms with Crippen LogP contribution in [-0.2, 0) is 14.8 Å². The third-order valence-electron chi connectivity index (χ3n) is 5.41. The molecule has 1 amide bonds. The lowest BCUT2D eigenvalue weighted by molar-refractivity contribution is -0.118. The highest BCUT2D eigenvalue weighted by atomic mass is 32.2. The van der Waals surface area contributed by atoms with Crippen LogP contribution in [0.3, 0.4) is 0 Å². The van der Waals surface area contributed by atoms with Gasteiger partial charge in [-0.15, -0.1) is 0 Å². The maximum atomic E-state index is 12.7. The zero-order valence-corrected chi connectivity index (χ0v) is 18.6. The number of benzene rings is 2. The van der Waals surface area contributed by atoms with Crippen molar-refractivity contribution in [2.24, 2.45) is 0 Å². The molecule has 0 unspecified atom stereocenters. The van der Waals surface area contributed by atoms with Crippen molar-refractivity contribution in [1.82, 2.24) is 4.72 Å². The van der Waals surface area contributed by atoms with Crippen LogP contribution in [0.2, 0.25) is 0 Å². The van der Waals surface area contributed by atoms with Crippen molar-refractivity contribution in [1.29, 1.82) is 0 Å². The summed E-state index contributed by atoms with van der Waals surface area (Å²) < 4.78 is 33.8. The minimum Gasteiger partial charge on any atom is -0.483 e. The van der Waals surface area contributed by atoms with Gasteiger partial charge in [0.1, 0.15) is 5.75 Å². The smallest absolute Gasteiger partial charge is 0.262 e. The van der Waals surface area contributed by atoms with Crippen LogP contribution in [0.25, 0.3) is 0 Å². The second-order valence-electron chi connectivity index (χ2n) is 8.04. The first-order chi connectivity index (χ1) is 14.2. The first-order valence-electron chi connectivity index (χ1n) is 10.4. The van der Waals surface area contributed by atoms with Gasteiger partial charge in [-0.05, 0) is 74.6 Å². The Morgan fingerprint density at radius 3 is 2.43 bits per heavy atom. The van der Waals surface area contributed by atoms with E-state index in [0.717, 1.165) is 42.5 Å². The van der Waals surface area contributed by atoms with Gasteiger partial charge in [-0.3, -0.25) is 4.79 Å². The molecule has 0 radical (unpaired) electrons. The van der Waals surface area contributed by atoms with Crippen LogP contribution < -0.4 is 14.8 Å². The van der Waals surface area contributed by atoms with E-state index in [2.05, 4.69) is 10.0 Å². The summed E-state index contributed by atoms with van der Waals surface area (Å²) in [4.78, 5) is 12.5. The van der Waals surface area contributed by atoms with E-state index < -0.39 is 10.0 Å². The van der Waals surface area contributed by atoms with Crippen LogP contribution in [0.1, 0.15) is 48.8 Å². The van der Waals surface area contributed by atoms with Crippen LogP contribution in [0, 0.1) is 20.8 Å². The topological polar surface area (TPSA) is 84.5 Å². The first kappa shape index (κ1) is 22.3. The lowest BCUT2D eigenvalue weighted by atomic mass is 9.96. The molecule has 2 aromatic rings. The number of ether oxygens (including phenoxy) is 1. The van der Waals surface area contributed by atoms with Gasteiger partial charge in [0.25, 0.3) is 5.91 Å². The molecule has 3 rings (SSSR count). The molecule has 30 heavy (non-hydrogen) atoms. The highest BCUT2D eigenvalue weighted by Crippen LogP contribution is 2.24. The number of nitrogens with one attached hydrogen (secondary N) is 2. The number of anilines is 1. The molecule has 1 saturated carbocycles. The fourth-order valence-electron chi connectivity index (χ4n) is 3.66. The number of hydrogen-bond donors (Lipinski definition) is 2. The number of carbonyl (C=O) groups is 1. The van der Waals surface area contributed by atoms with Gasteiger partial charge in [0.05, 0.1) is 4.90 Å². The quantitative estimate of drug-likeness (QED) is 0.688. The molecule has 0 spiro atoms. The van der Waals surface area contributed by atoms with Crippen LogP contribution in [0.4, 0.5) is 5.69 Å². The van der Waals surface area contributed by atoms with Gasteiger partial charge in [0.2, 0.25) is 10.0 Å². The van der Waals surface area contributed by atoms with E-state index in [4.69, 9.17) is 4.74 Å². The predicted octanol–water partition coefficient (Wildman–Crippen LogP) is 4.24. The minimum absolute atomic E-state index is 0.00811. The van der Waals surface area contributed by atoms with Crippen molar-refractivity contribution in [3.05, 3.63) is 53.1 Å². The van der Waals surface area contributed by atoms with Gasteiger partial charge in [-0.2, -0.15) is 0 Å². The molecule has 1 aliphatic rings. The fourth-order valence-corrected chi connectivity index (χ4v) is 5.05. The van der Waals surface area contributed by atoms with Crippen molar-refractivity contribution >= 4 is 21.6 Å². The zero-order chi connectivity index (χ0) is 21.7. The Bertz CT molecular complexity index is 1010. The number of carbonyl (C=O) groups excluding carboxylic acids is 1. The maximum Gasteiger partial charge on any atom is 0.262 e. The van der Waals surface area contributed by atoms with Crippen molar-refractivity contribution in [2.75, 3.05) is 11.9 Å². The standard InChI is InChI=1S/C23H30N2O4S/c1-16-9-10-17(2)21(13-16)24-23(26)15-29-22-12-11-20(14-18(22)3)30(27,28)25-19-7-5-4-6-8-19/h9-14,19,25H,4-8,15H2,1-3H3,(H,24,26). The maximum absolute atomic E-state index is 12.7. The Balaban J connectivity index is 1.61. The number of hydrogen-bond acceptors (Lipinski definition) is 4. The highest BCUT2D eigenvalue weighted by molar-refractivity contribution is 7.89. The largest absolute Gasteiger partial charge is 0.483 e. The zero-order valence-electron chi connectivity index (χ0n) is 17.8. The van der Waals surface area contributed by atoms with Gasteiger partial charge >= 0.3 is 0 Å². The fraction of sp³-hybridized carbons (Fsp3) is 0.435. The number of rotatable bonds is 7. The number of sulfonamides is 1. The summed E-state index contributed by atoms with van der Waals surface area (Å²) in [5.74, 6) is 0.224. The van der Waals surface area contributed by atoms with Crippen LogP contribution in [0.15, 0.2) is 41.3 Å². The summed E-state index contributed by atoms with van der Waals surface area (Å²) in [6, 6.07) is 10.6. The molecular weight excluding hydrogens is 400 g/mol. The Morgan fingerprint density at radius 1 is 1.00 bits per heavy atom. The molecule has 0 atom stereocenters. The van der Waals surface area contributed by atoms with Crippen molar-refractivity contribution in [3.63, 3.8) is 0 Å². The normalized spacial score (nSPS) is 15.0. The number of amides is 1. The van der Waals surface area contributed by atoms with Crippen LogP contribution in [-0.4, -0.2) is 27.0 Å². The summed E-state index contributed by atoms with van der Waals surface area (Å²) in [5.41, 5.74) is 3.47. The van der Waals surface area contributed by atoms with Gasteiger partial charge in [-0.25, -0.2) is 13.1 Å². The van der Waals surface area contributed by atoms with Crippen molar-refractivity contribution < 1.29 is 17.9 Å². The molecule has 0 saturated heterocycles. The third-order valence-corrected chi connectivity index (χ3v) is 6.93. The lowest BCUT2D eigenvalue weighted by Crippen LogP contribution is -2.36. The van der Waals surface area contributed by atoms with E-state index in [1.165, 1.54) is 12.5 Å². The van der Waals surface area contributed by atoms with Crippen molar-refractivity contribution in [2.45, 2.75) is 63.8 Å². The number of aryl methyl sites for hydroxylation is 3. The third kappa shape index (κ3) is 5.83. The van der Waals surface area contributed by atoms with Crippen LogP contribution in [0.5, 0.6) is 5.75 Å². The Labute approximate surface area is 179 Å². The molecule has 0 aliphatic heterocycles. The van der Waals surface area contributed by atoms with E-state index in [1.807, 2.05) is 32.0 Å². The van der Waals surface area contributed by atoms with E-state index >= 15 is 0 Å². The van der Waals surface area contributed by atoms with Crippen LogP contribution >= 0.6 is 0 Å². The molecular formula is C23H30N2O4S. The van der Waals surface area contributed by atoms with E-state index in [0.29, 0.717) is 11.3 Å². The second-order valence-corrected chi connectivity index (χ2v) is 9.75.